The standard InChI is InChI=1S/C18H20N2O/c1-20-13-7-8-14(20)11-12(10-13)18(21)16-4-2-6-17-15(16)5-3-9-19-17/h2-6,9,12-14H,7-8,10-11H2,1H3. The minimum Gasteiger partial charge on any atom is -0.300 e. The van der Waals surface area contributed by atoms with E-state index in [1.807, 2.05) is 30.3 Å². The van der Waals surface area contributed by atoms with Gasteiger partial charge in [-0.25, -0.2) is 0 Å². The first kappa shape index (κ1) is 13.0. The van der Waals surface area contributed by atoms with Crippen LogP contribution < -0.4 is 0 Å². The number of carbonyl (C=O) groups is 1. The first-order valence-corrected chi connectivity index (χ1v) is 7.84. The summed E-state index contributed by atoms with van der Waals surface area (Å²) in [5.41, 5.74) is 1.77. The van der Waals surface area contributed by atoms with Crippen molar-refractivity contribution in [3.63, 3.8) is 0 Å². The minimum atomic E-state index is 0.185. The summed E-state index contributed by atoms with van der Waals surface area (Å²) in [6, 6.07) is 11.0. The lowest BCUT2D eigenvalue weighted by molar-refractivity contribution is 0.0769. The van der Waals surface area contributed by atoms with Gasteiger partial charge in [0.15, 0.2) is 5.78 Å². The fourth-order valence-electron chi connectivity index (χ4n) is 4.16. The number of piperidine rings is 1. The molecule has 2 bridgehead atoms. The Kier molecular flexibility index (Phi) is 3.03. The molecule has 2 fully saturated rings. The average molecular weight is 280 g/mol. The van der Waals surface area contributed by atoms with Crippen molar-refractivity contribution in [2.24, 2.45) is 5.92 Å². The molecule has 2 unspecified atom stereocenters. The summed E-state index contributed by atoms with van der Waals surface area (Å²) in [5.74, 6) is 0.503. The zero-order valence-corrected chi connectivity index (χ0v) is 12.3. The molecule has 3 heterocycles. The van der Waals surface area contributed by atoms with Crippen molar-refractivity contribution in [3.05, 3.63) is 42.1 Å². The number of pyridine rings is 1. The molecular weight excluding hydrogens is 260 g/mol. The number of nitrogens with zero attached hydrogens (tertiary/aromatic N) is 2. The molecule has 0 spiro atoms. The molecule has 108 valence electrons. The molecule has 3 heteroatoms. The number of aromatic nitrogens is 1. The molecule has 1 aromatic heterocycles. The number of Topliss-reactive ketones (excluding diaryl/α,β-unsaturated/α-hetero) is 1. The molecular formula is C18H20N2O. The maximum atomic E-state index is 13.0. The fourth-order valence-corrected chi connectivity index (χ4v) is 4.16. The van der Waals surface area contributed by atoms with Gasteiger partial charge >= 0.3 is 0 Å². The topological polar surface area (TPSA) is 33.2 Å². The van der Waals surface area contributed by atoms with Gasteiger partial charge in [0, 0.05) is 35.1 Å². The lowest BCUT2D eigenvalue weighted by Gasteiger charge is -2.35. The second-order valence-electron chi connectivity index (χ2n) is 6.46. The average Bonchev–Trinajstić information content (AvgIpc) is 2.75. The summed E-state index contributed by atoms with van der Waals surface area (Å²) in [5, 5.41) is 0.997. The van der Waals surface area contributed by atoms with Crippen molar-refractivity contribution < 1.29 is 4.79 Å². The highest BCUT2D eigenvalue weighted by Crippen LogP contribution is 2.39. The predicted octanol–water partition coefficient (Wildman–Crippen LogP) is 3.29. The van der Waals surface area contributed by atoms with Crippen molar-refractivity contribution in [1.82, 2.24) is 9.88 Å². The molecule has 2 aliphatic rings. The molecule has 21 heavy (non-hydrogen) atoms. The Balaban J connectivity index is 1.68. The lowest BCUT2D eigenvalue weighted by Crippen LogP contribution is -2.42. The maximum Gasteiger partial charge on any atom is 0.166 e. The fraction of sp³-hybridized carbons (Fsp3) is 0.444. The van der Waals surface area contributed by atoms with E-state index >= 15 is 0 Å². The lowest BCUT2D eigenvalue weighted by atomic mass is 9.84. The summed E-state index contributed by atoms with van der Waals surface area (Å²) in [6.45, 7) is 0. The van der Waals surface area contributed by atoms with E-state index in [-0.39, 0.29) is 5.92 Å². The third kappa shape index (κ3) is 2.07. The van der Waals surface area contributed by atoms with E-state index in [1.165, 1.54) is 12.8 Å². The third-order valence-electron chi connectivity index (χ3n) is 5.38. The summed E-state index contributed by atoms with van der Waals surface area (Å²) in [7, 11) is 2.21. The number of carbonyl (C=O) groups excluding carboxylic acids is 1. The second kappa shape index (κ2) is 4.92. The van der Waals surface area contributed by atoms with Crippen molar-refractivity contribution >= 4 is 16.7 Å². The molecule has 2 aromatic rings. The van der Waals surface area contributed by atoms with Crippen LogP contribution in [0.25, 0.3) is 10.9 Å². The predicted molar refractivity (Wildman–Crippen MR) is 83.4 cm³/mol. The van der Waals surface area contributed by atoms with Crippen LogP contribution in [0, 0.1) is 5.92 Å². The molecule has 0 amide bonds. The summed E-state index contributed by atoms with van der Waals surface area (Å²) in [6.07, 6.45) is 6.32. The molecule has 3 nitrogen and oxygen atoms in total. The summed E-state index contributed by atoms with van der Waals surface area (Å²) in [4.78, 5) is 19.8. The van der Waals surface area contributed by atoms with E-state index in [4.69, 9.17) is 0 Å². The smallest absolute Gasteiger partial charge is 0.166 e. The van der Waals surface area contributed by atoms with Gasteiger partial charge in [0.25, 0.3) is 0 Å². The Morgan fingerprint density at radius 3 is 2.67 bits per heavy atom. The first-order valence-electron chi connectivity index (χ1n) is 7.84. The molecule has 1 aromatic carbocycles. The van der Waals surface area contributed by atoms with Gasteiger partial charge in [-0.1, -0.05) is 18.2 Å². The molecule has 0 saturated carbocycles. The van der Waals surface area contributed by atoms with Crippen molar-refractivity contribution in [1.29, 1.82) is 0 Å². The van der Waals surface area contributed by atoms with E-state index < -0.39 is 0 Å². The molecule has 2 atom stereocenters. The monoisotopic (exact) mass is 280 g/mol. The van der Waals surface area contributed by atoms with Crippen LogP contribution in [0.15, 0.2) is 36.5 Å². The Bertz CT molecular complexity index is 677. The number of hydrogen-bond acceptors (Lipinski definition) is 3. The highest BCUT2D eigenvalue weighted by molar-refractivity contribution is 6.08. The van der Waals surface area contributed by atoms with Gasteiger partial charge in [0.2, 0.25) is 0 Å². The van der Waals surface area contributed by atoms with Crippen molar-refractivity contribution in [2.45, 2.75) is 37.8 Å². The van der Waals surface area contributed by atoms with Gasteiger partial charge in [-0.15, -0.1) is 0 Å². The van der Waals surface area contributed by atoms with Crippen LogP contribution in [0.2, 0.25) is 0 Å². The number of benzene rings is 1. The van der Waals surface area contributed by atoms with Crippen LogP contribution in [0.5, 0.6) is 0 Å². The van der Waals surface area contributed by atoms with Crippen LogP contribution in [0.4, 0.5) is 0 Å². The Labute approximate surface area is 125 Å². The zero-order chi connectivity index (χ0) is 14.4. The van der Waals surface area contributed by atoms with Crippen LogP contribution >= 0.6 is 0 Å². The van der Waals surface area contributed by atoms with E-state index in [2.05, 4.69) is 16.9 Å². The molecule has 2 saturated heterocycles. The Morgan fingerprint density at radius 1 is 1.14 bits per heavy atom. The van der Waals surface area contributed by atoms with Crippen LogP contribution in [0.1, 0.15) is 36.0 Å². The van der Waals surface area contributed by atoms with E-state index in [1.54, 1.807) is 6.20 Å². The van der Waals surface area contributed by atoms with Gasteiger partial charge in [0.1, 0.15) is 0 Å². The molecule has 0 aliphatic carbocycles. The van der Waals surface area contributed by atoms with Gasteiger partial charge in [-0.2, -0.15) is 0 Å². The van der Waals surface area contributed by atoms with E-state index in [9.17, 15) is 4.79 Å². The SMILES string of the molecule is CN1C2CCC1CC(C(=O)c1cccc3ncccc13)C2. The molecule has 4 rings (SSSR count). The largest absolute Gasteiger partial charge is 0.300 e. The maximum absolute atomic E-state index is 13.0. The van der Waals surface area contributed by atoms with Gasteiger partial charge in [0.05, 0.1) is 5.52 Å². The summed E-state index contributed by atoms with van der Waals surface area (Å²) >= 11 is 0. The third-order valence-corrected chi connectivity index (χ3v) is 5.38. The van der Waals surface area contributed by atoms with Crippen LogP contribution in [0.3, 0.4) is 0 Å². The van der Waals surface area contributed by atoms with Crippen molar-refractivity contribution in [2.75, 3.05) is 7.05 Å². The van der Waals surface area contributed by atoms with Gasteiger partial charge in [-0.05, 0) is 44.9 Å². The van der Waals surface area contributed by atoms with Gasteiger partial charge in [-0.3, -0.25) is 9.78 Å². The Morgan fingerprint density at radius 2 is 1.90 bits per heavy atom. The van der Waals surface area contributed by atoms with Crippen LogP contribution in [-0.4, -0.2) is 34.8 Å². The Hall–Kier alpha value is -1.74. The molecule has 0 radical (unpaired) electrons. The van der Waals surface area contributed by atoms with Crippen LogP contribution in [-0.2, 0) is 0 Å². The van der Waals surface area contributed by atoms with Crippen molar-refractivity contribution in [3.8, 4) is 0 Å². The number of rotatable bonds is 2. The van der Waals surface area contributed by atoms with Gasteiger partial charge < -0.3 is 4.90 Å². The molecule has 2 aliphatic heterocycles. The van der Waals surface area contributed by atoms with E-state index in [0.29, 0.717) is 17.9 Å². The number of fused-ring (bicyclic) bond motifs is 3. The second-order valence-corrected chi connectivity index (χ2v) is 6.46. The van der Waals surface area contributed by atoms with E-state index in [0.717, 1.165) is 29.3 Å². The zero-order valence-electron chi connectivity index (χ0n) is 12.3. The summed E-state index contributed by atoms with van der Waals surface area (Å²) < 4.78 is 0. The quantitative estimate of drug-likeness (QED) is 0.791. The normalized spacial score (nSPS) is 28.9. The minimum absolute atomic E-state index is 0.185. The number of hydrogen-bond donors (Lipinski definition) is 0. The molecule has 0 N–H and O–H groups in total. The first-order chi connectivity index (χ1) is 10.2. The highest BCUT2D eigenvalue weighted by Gasteiger charge is 2.41. The highest BCUT2D eigenvalue weighted by atomic mass is 16.1. The number of ketones is 1.